The third-order valence-corrected chi connectivity index (χ3v) is 2.79. The third-order valence-electron chi connectivity index (χ3n) is 2.79. The van der Waals surface area contributed by atoms with Crippen LogP contribution in [-0.4, -0.2) is 11.7 Å². The van der Waals surface area contributed by atoms with E-state index in [0.717, 1.165) is 19.0 Å². The maximum atomic E-state index is 12.9. The van der Waals surface area contributed by atoms with Gasteiger partial charge in [0.1, 0.15) is 0 Å². The molecule has 0 saturated carbocycles. The van der Waals surface area contributed by atoms with Crippen molar-refractivity contribution < 1.29 is 17.7 Å². The molecule has 0 aliphatic carbocycles. The van der Waals surface area contributed by atoms with Crippen LogP contribution in [0.2, 0.25) is 0 Å². The first-order valence-electron chi connectivity index (χ1n) is 6.35. The van der Waals surface area contributed by atoms with Gasteiger partial charge in [-0.25, -0.2) is 0 Å². The lowest BCUT2D eigenvalue weighted by Gasteiger charge is -2.09. The molecule has 2 rings (SSSR count). The van der Waals surface area contributed by atoms with E-state index in [9.17, 15) is 13.2 Å². The zero-order valence-electron chi connectivity index (χ0n) is 11.0. The van der Waals surface area contributed by atoms with E-state index in [-0.39, 0.29) is 11.3 Å². The lowest BCUT2D eigenvalue weighted by Crippen LogP contribution is -2.13. The lowest BCUT2D eigenvalue weighted by molar-refractivity contribution is -0.137. The van der Waals surface area contributed by atoms with Gasteiger partial charge < -0.3 is 9.84 Å². The minimum absolute atomic E-state index is 0.00856. The van der Waals surface area contributed by atoms with Gasteiger partial charge in [-0.1, -0.05) is 30.3 Å². The highest BCUT2D eigenvalue weighted by molar-refractivity contribution is 5.63. The summed E-state index contributed by atoms with van der Waals surface area (Å²) < 4.78 is 43.8. The van der Waals surface area contributed by atoms with Crippen molar-refractivity contribution in [1.82, 2.24) is 10.5 Å². The smallest absolute Gasteiger partial charge is 0.356 e. The van der Waals surface area contributed by atoms with Gasteiger partial charge in [0.05, 0.1) is 11.3 Å². The summed E-state index contributed by atoms with van der Waals surface area (Å²) in [6, 6.07) is 6.85. The molecule has 108 valence electrons. The molecule has 0 aliphatic heterocycles. The van der Waals surface area contributed by atoms with Gasteiger partial charge in [0.2, 0.25) is 0 Å². The summed E-state index contributed by atoms with van der Waals surface area (Å²) in [6.07, 6.45) is -3.44. The van der Waals surface area contributed by atoms with E-state index >= 15 is 0 Å². The standard InChI is InChI=1S/C14H15F3N2O/c1-2-7-18-9-10-8-13(20-19-10)11-5-3-4-6-12(11)14(15,16)17/h3-6,8,18H,2,7,9H2,1H3. The molecule has 0 bridgehead atoms. The fraction of sp³-hybridized carbons (Fsp3) is 0.357. The Labute approximate surface area is 114 Å². The van der Waals surface area contributed by atoms with E-state index in [0.29, 0.717) is 12.2 Å². The van der Waals surface area contributed by atoms with Crippen molar-refractivity contribution in [2.24, 2.45) is 0 Å². The van der Waals surface area contributed by atoms with Crippen LogP contribution in [0.3, 0.4) is 0 Å². The fourth-order valence-electron chi connectivity index (χ4n) is 1.86. The zero-order valence-corrected chi connectivity index (χ0v) is 11.0. The van der Waals surface area contributed by atoms with Gasteiger partial charge in [-0.2, -0.15) is 13.2 Å². The van der Waals surface area contributed by atoms with Gasteiger partial charge in [0, 0.05) is 18.2 Å². The number of rotatable bonds is 5. The maximum Gasteiger partial charge on any atom is 0.417 e. The van der Waals surface area contributed by atoms with Crippen LogP contribution in [0, 0.1) is 0 Å². The van der Waals surface area contributed by atoms with Crippen LogP contribution >= 0.6 is 0 Å². The normalized spacial score (nSPS) is 11.8. The Morgan fingerprint density at radius 2 is 2.00 bits per heavy atom. The summed E-state index contributed by atoms with van der Waals surface area (Å²) in [5.41, 5.74) is -0.121. The van der Waals surface area contributed by atoms with Crippen LogP contribution in [-0.2, 0) is 12.7 Å². The van der Waals surface area contributed by atoms with Crippen molar-refractivity contribution in [2.45, 2.75) is 26.1 Å². The van der Waals surface area contributed by atoms with Gasteiger partial charge in [-0.3, -0.25) is 0 Å². The predicted octanol–water partition coefficient (Wildman–Crippen LogP) is 3.86. The molecule has 20 heavy (non-hydrogen) atoms. The number of hydrogen-bond donors (Lipinski definition) is 1. The fourth-order valence-corrected chi connectivity index (χ4v) is 1.86. The first-order valence-corrected chi connectivity index (χ1v) is 6.35. The van der Waals surface area contributed by atoms with Gasteiger partial charge in [0.25, 0.3) is 0 Å². The molecule has 1 aromatic heterocycles. The average Bonchev–Trinajstić information content (AvgIpc) is 2.87. The molecule has 0 fully saturated rings. The summed E-state index contributed by atoms with van der Waals surface area (Å²) in [5.74, 6) is 0.131. The van der Waals surface area contributed by atoms with Crippen LogP contribution in [0.4, 0.5) is 13.2 Å². The second-order valence-corrected chi connectivity index (χ2v) is 4.40. The number of aromatic nitrogens is 1. The van der Waals surface area contributed by atoms with Crippen LogP contribution in [0.15, 0.2) is 34.9 Å². The van der Waals surface area contributed by atoms with Crippen LogP contribution in [0.5, 0.6) is 0 Å². The van der Waals surface area contributed by atoms with E-state index in [1.807, 2.05) is 6.92 Å². The van der Waals surface area contributed by atoms with Gasteiger partial charge in [-0.05, 0) is 19.0 Å². The number of halogens is 3. The van der Waals surface area contributed by atoms with Gasteiger partial charge >= 0.3 is 6.18 Å². The molecule has 0 aliphatic rings. The maximum absolute atomic E-state index is 12.9. The van der Waals surface area contributed by atoms with Gasteiger partial charge in [0.15, 0.2) is 5.76 Å². The second-order valence-electron chi connectivity index (χ2n) is 4.40. The largest absolute Gasteiger partial charge is 0.417 e. The summed E-state index contributed by atoms with van der Waals surface area (Å²) in [6.45, 7) is 3.33. The highest BCUT2D eigenvalue weighted by atomic mass is 19.4. The monoisotopic (exact) mass is 284 g/mol. The summed E-state index contributed by atoms with van der Waals surface area (Å²) in [5, 5.41) is 6.90. The van der Waals surface area contributed by atoms with Crippen molar-refractivity contribution in [1.29, 1.82) is 0 Å². The number of hydrogen-bond acceptors (Lipinski definition) is 3. The molecule has 0 saturated heterocycles. The number of nitrogens with one attached hydrogen (secondary N) is 1. The summed E-state index contributed by atoms with van der Waals surface area (Å²) >= 11 is 0. The van der Waals surface area contributed by atoms with E-state index in [2.05, 4.69) is 10.5 Å². The molecule has 3 nitrogen and oxygen atoms in total. The number of nitrogens with zero attached hydrogens (tertiary/aromatic N) is 1. The first-order chi connectivity index (χ1) is 9.52. The Hall–Kier alpha value is -1.82. The second kappa shape index (κ2) is 6.09. The Kier molecular flexibility index (Phi) is 4.44. The molecule has 0 amide bonds. The Balaban J connectivity index is 2.24. The molecule has 6 heteroatoms. The molecule has 1 N–H and O–H groups in total. The highest BCUT2D eigenvalue weighted by Gasteiger charge is 2.34. The van der Waals surface area contributed by atoms with Gasteiger partial charge in [-0.15, -0.1) is 0 Å². The SMILES string of the molecule is CCCNCc1cc(-c2ccccc2C(F)(F)F)on1. The molecule has 0 atom stereocenters. The number of alkyl halides is 3. The molecule has 1 aromatic carbocycles. The van der Waals surface area contributed by atoms with Crippen molar-refractivity contribution >= 4 is 0 Å². The van der Waals surface area contributed by atoms with Crippen LogP contribution in [0.1, 0.15) is 24.6 Å². The summed E-state index contributed by atoms with van der Waals surface area (Å²) in [4.78, 5) is 0. The molecule has 2 aromatic rings. The van der Waals surface area contributed by atoms with Crippen molar-refractivity contribution in [2.75, 3.05) is 6.54 Å². The zero-order chi connectivity index (χ0) is 14.6. The lowest BCUT2D eigenvalue weighted by atomic mass is 10.0. The first kappa shape index (κ1) is 14.6. The van der Waals surface area contributed by atoms with E-state index < -0.39 is 11.7 Å². The highest BCUT2D eigenvalue weighted by Crippen LogP contribution is 2.36. The quantitative estimate of drug-likeness (QED) is 0.847. The minimum atomic E-state index is -4.41. The molecule has 0 radical (unpaired) electrons. The average molecular weight is 284 g/mol. The van der Waals surface area contributed by atoms with E-state index in [1.165, 1.54) is 18.2 Å². The topological polar surface area (TPSA) is 38.1 Å². The molecular formula is C14H15F3N2O. The van der Waals surface area contributed by atoms with Crippen LogP contribution in [0.25, 0.3) is 11.3 Å². The van der Waals surface area contributed by atoms with E-state index in [1.54, 1.807) is 6.07 Å². The van der Waals surface area contributed by atoms with Crippen LogP contribution < -0.4 is 5.32 Å². The molecule has 0 unspecified atom stereocenters. The van der Waals surface area contributed by atoms with Crippen molar-refractivity contribution in [3.63, 3.8) is 0 Å². The Morgan fingerprint density at radius 3 is 2.70 bits per heavy atom. The number of benzene rings is 1. The molecule has 0 spiro atoms. The molecular weight excluding hydrogens is 269 g/mol. The van der Waals surface area contributed by atoms with Crippen molar-refractivity contribution in [3.05, 3.63) is 41.6 Å². The Morgan fingerprint density at radius 1 is 1.25 bits per heavy atom. The molecule has 1 heterocycles. The summed E-state index contributed by atoms with van der Waals surface area (Å²) in [7, 11) is 0. The van der Waals surface area contributed by atoms with Crippen molar-refractivity contribution in [3.8, 4) is 11.3 Å². The minimum Gasteiger partial charge on any atom is -0.356 e. The van der Waals surface area contributed by atoms with E-state index in [4.69, 9.17) is 4.52 Å². The predicted molar refractivity (Wildman–Crippen MR) is 68.9 cm³/mol. The third kappa shape index (κ3) is 3.39. The Bertz CT molecular complexity index is 564.